The van der Waals surface area contributed by atoms with Crippen molar-refractivity contribution in [1.82, 2.24) is 15.1 Å². The first-order valence-electron chi connectivity index (χ1n) is 7.11. The highest BCUT2D eigenvalue weighted by Gasteiger charge is 2.10. The fourth-order valence-corrected chi connectivity index (χ4v) is 2.22. The molecule has 0 spiro atoms. The van der Waals surface area contributed by atoms with Crippen molar-refractivity contribution < 1.29 is 9.47 Å². The zero-order valence-electron chi connectivity index (χ0n) is 13.1. The average Bonchev–Trinajstić information content (AvgIpc) is 2.70. The Morgan fingerprint density at radius 2 is 1.95 bits per heavy atom. The van der Waals surface area contributed by atoms with Crippen LogP contribution in [0.5, 0.6) is 11.5 Å². The first kappa shape index (κ1) is 15.4. The fourth-order valence-electron chi connectivity index (χ4n) is 2.22. The number of aromatic nitrogens is 2. The van der Waals surface area contributed by atoms with E-state index in [1.807, 2.05) is 50.8 Å². The molecular formula is C16H23N3O2. The number of nitrogens with one attached hydrogen (secondary N) is 1. The topological polar surface area (TPSA) is 48.3 Å². The summed E-state index contributed by atoms with van der Waals surface area (Å²) in [7, 11) is 3.85. The highest BCUT2D eigenvalue weighted by molar-refractivity contribution is 5.31. The van der Waals surface area contributed by atoms with Gasteiger partial charge in [-0.1, -0.05) is 12.1 Å². The lowest BCUT2D eigenvalue weighted by Crippen LogP contribution is -2.10. The molecule has 0 amide bonds. The summed E-state index contributed by atoms with van der Waals surface area (Å²) in [5, 5.41) is 7.45. The van der Waals surface area contributed by atoms with E-state index < -0.39 is 0 Å². The Morgan fingerprint density at radius 3 is 2.62 bits per heavy atom. The van der Waals surface area contributed by atoms with Gasteiger partial charge in [0.1, 0.15) is 24.7 Å². The number of rotatable bonds is 7. The minimum Gasteiger partial charge on any atom is -0.490 e. The van der Waals surface area contributed by atoms with Crippen molar-refractivity contribution in [3.8, 4) is 11.5 Å². The number of ether oxygens (including phenoxy) is 2. The second kappa shape index (κ2) is 7.13. The van der Waals surface area contributed by atoms with Crippen molar-refractivity contribution in [3.05, 3.63) is 41.2 Å². The molecule has 2 rings (SSSR count). The molecule has 2 aromatic rings. The third-order valence-electron chi connectivity index (χ3n) is 3.32. The first-order chi connectivity index (χ1) is 10.1. The molecule has 0 saturated carbocycles. The number of hydrogen-bond donors (Lipinski definition) is 1. The number of aryl methyl sites for hydroxylation is 2. The molecule has 0 saturated heterocycles. The average molecular weight is 289 g/mol. The maximum atomic E-state index is 5.77. The van der Waals surface area contributed by atoms with Crippen LogP contribution in [-0.4, -0.2) is 30.0 Å². The summed E-state index contributed by atoms with van der Waals surface area (Å²) in [5.41, 5.74) is 3.14. The van der Waals surface area contributed by atoms with Gasteiger partial charge >= 0.3 is 0 Å². The maximum absolute atomic E-state index is 5.77. The van der Waals surface area contributed by atoms with Gasteiger partial charge in [0.15, 0.2) is 5.75 Å². The first-order valence-corrected chi connectivity index (χ1v) is 7.11. The van der Waals surface area contributed by atoms with Crippen LogP contribution in [0.2, 0.25) is 0 Å². The summed E-state index contributed by atoms with van der Waals surface area (Å²) in [5.74, 6) is 1.72. The van der Waals surface area contributed by atoms with Crippen LogP contribution in [0.25, 0.3) is 0 Å². The molecule has 0 fully saturated rings. The van der Waals surface area contributed by atoms with Crippen molar-refractivity contribution in [2.75, 3.05) is 20.3 Å². The predicted molar refractivity (Wildman–Crippen MR) is 82.9 cm³/mol. The van der Waals surface area contributed by atoms with Gasteiger partial charge < -0.3 is 14.8 Å². The van der Waals surface area contributed by atoms with Crippen LogP contribution < -0.4 is 14.8 Å². The summed E-state index contributed by atoms with van der Waals surface area (Å²) in [4.78, 5) is 0. The van der Waals surface area contributed by atoms with E-state index >= 15 is 0 Å². The van der Waals surface area contributed by atoms with E-state index in [2.05, 4.69) is 16.5 Å². The van der Waals surface area contributed by atoms with Crippen molar-refractivity contribution in [2.24, 2.45) is 7.05 Å². The Balaban J connectivity index is 1.83. The van der Waals surface area contributed by atoms with Crippen molar-refractivity contribution in [3.63, 3.8) is 0 Å². The SMILES string of the molecule is CNCc1cccc(OCCOc2c(C)nn(C)c2C)c1. The van der Waals surface area contributed by atoms with Gasteiger partial charge in [0.05, 0.1) is 5.69 Å². The van der Waals surface area contributed by atoms with Crippen LogP contribution in [0.4, 0.5) is 0 Å². The Hall–Kier alpha value is -2.01. The quantitative estimate of drug-likeness (QED) is 0.794. The molecule has 0 atom stereocenters. The molecule has 0 radical (unpaired) electrons. The Bertz CT molecular complexity index is 593. The van der Waals surface area contributed by atoms with Gasteiger partial charge in [-0.3, -0.25) is 4.68 Å². The van der Waals surface area contributed by atoms with E-state index in [0.717, 1.165) is 29.4 Å². The summed E-state index contributed by atoms with van der Waals surface area (Å²) in [6.07, 6.45) is 0. The Morgan fingerprint density at radius 1 is 1.19 bits per heavy atom. The minimum atomic E-state index is 0.504. The van der Waals surface area contributed by atoms with Crippen molar-refractivity contribution in [1.29, 1.82) is 0 Å². The third-order valence-corrected chi connectivity index (χ3v) is 3.32. The highest BCUT2D eigenvalue weighted by Crippen LogP contribution is 2.21. The summed E-state index contributed by atoms with van der Waals surface area (Å²) in [6.45, 7) is 5.80. The normalized spacial score (nSPS) is 10.7. The van der Waals surface area contributed by atoms with Gasteiger partial charge in [-0.25, -0.2) is 0 Å². The van der Waals surface area contributed by atoms with Gasteiger partial charge in [-0.15, -0.1) is 0 Å². The largest absolute Gasteiger partial charge is 0.490 e. The molecule has 5 heteroatoms. The Kier molecular flexibility index (Phi) is 5.22. The van der Waals surface area contributed by atoms with Crippen LogP contribution in [0.15, 0.2) is 24.3 Å². The molecule has 1 aromatic heterocycles. The third kappa shape index (κ3) is 3.98. The van der Waals surface area contributed by atoms with Gasteiger partial charge in [0.25, 0.3) is 0 Å². The molecule has 1 N–H and O–H groups in total. The molecule has 0 bridgehead atoms. The van der Waals surface area contributed by atoms with E-state index in [1.165, 1.54) is 5.56 Å². The summed E-state index contributed by atoms with van der Waals surface area (Å²) >= 11 is 0. The number of benzene rings is 1. The van der Waals surface area contributed by atoms with Gasteiger partial charge in [-0.05, 0) is 38.6 Å². The minimum absolute atomic E-state index is 0.504. The smallest absolute Gasteiger partial charge is 0.163 e. The zero-order chi connectivity index (χ0) is 15.2. The molecule has 0 unspecified atom stereocenters. The zero-order valence-corrected chi connectivity index (χ0v) is 13.1. The van der Waals surface area contributed by atoms with E-state index in [4.69, 9.17) is 9.47 Å². The molecular weight excluding hydrogens is 266 g/mol. The molecule has 0 aliphatic carbocycles. The highest BCUT2D eigenvalue weighted by atomic mass is 16.5. The molecule has 1 heterocycles. The monoisotopic (exact) mass is 289 g/mol. The summed E-state index contributed by atoms with van der Waals surface area (Å²) in [6, 6.07) is 8.07. The fraction of sp³-hybridized carbons (Fsp3) is 0.438. The van der Waals surface area contributed by atoms with Crippen LogP contribution in [0.3, 0.4) is 0 Å². The van der Waals surface area contributed by atoms with E-state index in [9.17, 15) is 0 Å². The predicted octanol–water partition coefficient (Wildman–Crippen LogP) is 2.21. The standard InChI is InChI=1S/C16H23N3O2/c1-12-16(13(2)19(4)18-12)21-9-8-20-15-7-5-6-14(10-15)11-17-3/h5-7,10,17H,8-9,11H2,1-4H3. The van der Waals surface area contributed by atoms with Gasteiger partial charge in [0, 0.05) is 13.6 Å². The second-order valence-corrected chi connectivity index (χ2v) is 5.00. The van der Waals surface area contributed by atoms with Crippen LogP contribution in [0.1, 0.15) is 17.0 Å². The summed E-state index contributed by atoms with van der Waals surface area (Å²) < 4.78 is 13.3. The number of hydrogen-bond acceptors (Lipinski definition) is 4. The molecule has 1 aromatic carbocycles. The molecule has 114 valence electrons. The van der Waals surface area contributed by atoms with Crippen LogP contribution in [-0.2, 0) is 13.6 Å². The van der Waals surface area contributed by atoms with Crippen LogP contribution in [0, 0.1) is 13.8 Å². The Labute approximate surface area is 125 Å². The van der Waals surface area contributed by atoms with Crippen molar-refractivity contribution >= 4 is 0 Å². The lowest BCUT2D eigenvalue weighted by molar-refractivity contribution is 0.215. The maximum Gasteiger partial charge on any atom is 0.163 e. The van der Waals surface area contributed by atoms with Crippen molar-refractivity contribution in [2.45, 2.75) is 20.4 Å². The molecule has 0 aliphatic rings. The van der Waals surface area contributed by atoms with E-state index in [1.54, 1.807) is 0 Å². The lowest BCUT2D eigenvalue weighted by atomic mass is 10.2. The second-order valence-electron chi connectivity index (χ2n) is 5.00. The van der Waals surface area contributed by atoms with E-state index in [-0.39, 0.29) is 0 Å². The molecule has 0 aliphatic heterocycles. The molecule has 21 heavy (non-hydrogen) atoms. The van der Waals surface area contributed by atoms with Gasteiger partial charge in [0.2, 0.25) is 0 Å². The molecule has 5 nitrogen and oxygen atoms in total. The van der Waals surface area contributed by atoms with E-state index in [0.29, 0.717) is 13.2 Å². The van der Waals surface area contributed by atoms with Gasteiger partial charge in [-0.2, -0.15) is 5.10 Å². The van der Waals surface area contributed by atoms with Crippen LogP contribution >= 0.6 is 0 Å². The lowest BCUT2D eigenvalue weighted by Gasteiger charge is -2.09. The number of nitrogens with zero attached hydrogens (tertiary/aromatic N) is 2.